The number of sulfonamides is 1. The van der Waals surface area contributed by atoms with Crippen LogP contribution in [0.2, 0.25) is 5.02 Å². The van der Waals surface area contributed by atoms with Gasteiger partial charge in [0.2, 0.25) is 10.0 Å². The monoisotopic (exact) mass is 389 g/mol. The van der Waals surface area contributed by atoms with Crippen LogP contribution >= 0.6 is 24.0 Å². The molecular formula is C16H21Cl2N3O2S. The normalized spacial score (nSPS) is 29.4. The molecule has 0 saturated heterocycles. The number of hydrogen-bond donors (Lipinski definition) is 2. The second kappa shape index (κ2) is 7.59. The molecule has 1 aromatic carbocycles. The van der Waals surface area contributed by atoms with Crippen molar-refractivity contribution >= 4 is 34.0 Å². The number of nitrogens with one attached hydrogen (secondary N) is 1. The van der Waals surface area contributed by atoms with Crippen LogP contribution < -0.4 is 10.5 Å². The predicted molar refractivity (Wildman–Crippen MR) is 95.6 cm³/mol. The molecule has 3 N–H and O–H groups in total. The Hall–Kier alpha value is -0.840. The summed E-state index contributed by atoms with van der Waals surface area (Å²) in [5.41, 5.74) is 6.43. The molecule has 5 nitrogen and oxygen atoms in total. The number of nitrogens with two attached hydrogens (primary N) is 1. The van der Waals surface area contributed by atoms with Crippen LogP contribution in [0.15, 0.2) is 23.1 Å². The van der Waals surface area contributed by atoms with Gasteiger partial charge in [-0.1, -0.05) is 18.0 Å². The highest BCUT2D eigenvalue weighted by atomic mass is 35.5. The first-order valence-corrected chi connectivity index (χ1v) is 9.74. The molecule has 2 atom stereocenters. The molecule has 3 rings (SSSR count). The molecule has 0 heterocycles. The molecule has 132 valence electrons. The van der Waals surface area contributed by atoms with E-state index in [1.54, 1.807) is 0 Å². The summed E-state index contributed by atoms with van der Waals surface area (Å²) in [7, 11) is -3.71. The Bertz CT molecular complexity index is 734. The molecule has 2 fully saturated rings. The van der Waals surface area contributed by atoms with Crippen LogP contribution in [0, 0.1) is 23.2 Å². The SMILES string of the molecule is Cl.N#Cc1ccc(S(=O)(=O)NC2C3CCCC2CC(N)C3)c(Cl)c1. The third-order valence-corrected chi connectivity index (χ3v) is 6.96. The minimum atomic E-state index is -3.71. The zero-order valence-electron chi connectivity index (χ0n) is 13.1. The molecule has 2 saturated carbocycles. The van der Waals surface area contributed by atoms with Crippen molar-refractivity contribution in [3.63, 3.8) is 0 Å². The topological polar surface area (TPSA) is 96.0 Å². The van der Waals surface area contributed by atoms with Crippen molar-refractivity contribution in [2.75, 3.05) is 0 Å². The van der Waals surface area contributed by atoms with E-state index in [1.165, 1.54) is 18.2 Å². The van der Waals surface area contributed by atoms with Crippen LogP contribution in [0.4, 0.5) is 0 Å². The molecular weight excluding hydrogens is 369 g/mol. The molecule has 24 heavy (non-hydrogen) atoms. The number of nitrogens with zero attached hydrogens (tertiary/aromatic N) is 1. The first-order chi connectivity index (χ1) is 10.9. The van der Waals surface area contributed by atoms with Gasteiger partial charge in [0, 0.05) is 12.1 Å². The smallest absolute Gasteiger partial charge is 0.242 e. The third-order valence-electron chi connectivity index (χ3n) is 5.02. The Morgan fingerprint density at radius 2 is 1.88 bits per heavy atom. The average Bonchev–Trinajstić information content (AvgIpc) is 2.47. The molecule has 0 amide bonds. The van der Waals surface area contributed by atoms with Gasteiger partial charge in [-0.05, 0) is 55.7 Å². The van der Waals surface area contributed by atoms with E-state index in [0.717, 1.165) is 32.1 Å². The lowest BCUT2D eigenvalue weighted by Crippen LogP contribution is -2.53. The lowest BCUT2D eigenvalue weighted by atomic mass is 9.67. The van der Waals surface area contributed by atoms with Crippen LogP contribution in [0.25, 0.3) is 0 Å². The van der Waals surface area contributed by atoms with Gasteiger partial charge in [-0.2, -0.15) is 5.26 Å². The number of nitriles is 1. The summed E-state index contributed by atoms with van der Waals surface area (Å²) in [5, 5.41) is 8.94. The lowest BCUT2D eigenvalue weighted by molar-refractivity contribution is 0.125. The first-order valence-electron chi connectivity index (χ1n) is 7.88. The van der Waals surface area contributed by atoms with E-state index in [0.29, 0.717) is 17.4 Å². The molecule has 0 aliphatic heterocycles. The van der Waals surface area contributed by atoms with Gasteiger partial charge in [0.25, 0.3) is 0 Å². The molecule has 0 aromatic heterocycles. The fourth-order valence-corrected chi connectivity index (χ4v) is 5.93. The standard InChI is InChI=1S/C16H20ClN3O2S.ClH/c17-14-6-10(9-18)4-5-15(14)23(21,22)20-16-11-2-1-3-12(16)8-13(19)7-11;/h4-6,11-13,16,20H,1-3,7-8,19H2;1H. The average molecular weight is 390 g/mol. The summed E-state index contributed by atoms with van der Waals surface area (Å²) in [6.45, 7) is 0. The Balaban J connectivity index is 0.00000208. The number of halogens is 2. The highest BCUT2D eigenvalue weighted by molar-refractivity contribution is 7.89. The summed E-state index contributed by atoms with van der Waals surface area (Å²) in [4.78, 5) is 0.0334. The summed E-state index contributed by atoms with van der Waals surface area (Å²) in [6, 6.07) is 6.30. The molecule has 0 spiro atoms. The highest BCUT2D eigenvalue weighted by Crippen LogP contribution is 2.40. The molecule has 2 unspecified atom stereocenters. The van der Waals surface area contributed by atoms with Crippen molar-refractivity contribution in [2.45, 2.75) is 49.1 Å². The van der Waals surface area contributed by atoms with E-state index in [9.17, 15) is 8.42 Å². The Morgan fingerprint density at radius 3 is 2.42 bits per heavy atom. The number of benzene rings is 1. The molecule has 0 radical (unpaired) electrons. The summed E-state index contributed by atoms with van der Waals surface area (Å²) in [5.74, 6) is 0.592. The Labute approximate surface area is 154 Å². The zero-order chi connectivity index (χ0) is 16.6. The maximum Gasteiger partial charge on any atom is 0.242 e. The van der Waals surface area contributed by atoms with Gasteiger partial charge in [0.05, 0.1) is 16.7 Å². The van der Waals surface area contributed by atoms with E-state index >= 15 is 0 Å². The van der Waals surface area contributed by atoms with Crippen LogP contribution in [-0.2, 0) is 10.0 Å². The second-order valence-corrected chi connectivity index (χ2v) is 8.68. The van der Waals surface area contributed by atoms with Crippen molar-refractivity contribution in [1.29, 1.82) is 5.26 Å². The Kier molecular flexibility index (Phi) is 6.16. The third kappa shape index (κ3) is 3.87. The minimum absolute atomic E-state index is 0. The summed E-state index contributed by atoms with van der Waals surface area (Å²) < 4.78 is 28.3. The van der Waals surface area contributed by atoms with Crippen LogP contribution in [0.5, 0.6) is 0 Å². The van der Waals surface area contributed by atoms with Crippen molar-refractivity contribution < 1.29 is 8.42 Å². The number of fused-ring (bicyclic) bond motifs is 2. The van der Waals surface area contributed by atoms with Gasteiger partial charge in [-0.3, -0.25) is 0 Å². The van der Waals surface area contributed by atoms with Gasteiger partial charge < -0.3 is 5.73 Å². The zero-order valence-corrected chi connectivity index (χ0v) is 15.5. The molecule has 2 aliphatic carbocycles. The quantitative estimate of drug-likeness (QED) is 0.830. The largest absolute Gasteiger partial charge is 0.328 e. The number of hydrogen-bond acceptors (Lipinski definition) is 4. The van der Waals surface area contributed by atoms with E-state index in [1.807, 2.05) is 6.07 Å². The maximum absolute atomic E-state index is 12.7. The van der Waals surface area contributed by atoms with E-state index in [4.69, 9.17) is 22.6 Å². The Morgan fingerprint density at radius 1 is 1.25 bits per heavy atom. The molecule has 2 bridgehead atoms. The molecule has 1 aromatic rings. The molecule has 2 aliphatic rings. The van der Waals surface area contributed by atoms with Crippen molar-refractivity contribution in [2.24, 2.45) is 17.6 Å². The van der Waals surface area contributed by atoms with Gasteiger partial charge in [0.15, 0.2) is 0 Å². The van der Waals surface area contributed by atoms with Crippen molar-refractivity contribution in [3.8, 4) is 6.07 Å². The predicted octanol–water partition coefficient (Wildman–Crippen LogP) is 2.82. The summed E-state index contributed by atoms with van der Waals surface area (Å²) in [6.07, 6.45) is 4.89. The second-order valence-electron chi connectivity index (χ2n) is 6.59. The fourth-order valence-electron chi connectivity index (χ4n) is 4.01. The lowest BCUT2D eigenvalue weighted by Gasteiger charge is -2.45. The minimum Gasteiger partial charge on any atom is -0.328 e. The van der Waals surface area contributed by atoms with Crippen molar-refractivity contribution in [3.05, 3.63) is 28.8 Å². The highest BCUT2D eigenvalue weighted by Gasteiger charge is 2.41. The van der Waals surface area contributed by atoms with Gasteiger partial charge in [0.1, 0.15) is 4.90 Å². The van der Waals surface area contributed by atoms with Crippen molar-refractivity contribution in [1.82, 2.24) is 4.72 Å². The van der Waals surface area contributed by atoms with E-state index in [-0.39, 0.29) is 34.4 Å². The van der Waals surface area contributed by atoms with Crippen LogP contribution in [0.3, 0.4) is 0 Å². The van der Waals surface area contributed by atoms with Gasteiger partial charge >= 0.3 is 0 Å². The van der Waals surface area contributed by atoms with E-state index in [2.05, 4.69) is 4.72 Å². The van der Waals surface area contributed by atoms with Gasteiger partial charge in [-0.25, -0.2) is 13.1 Å². The van der Waals surface area contributed by atoms with Crippen LogP contribution in [-0.4, -0.2) is 20.5 Å². The summed E-state index contributed by atoms with van der Waals surface area (Å²) >= 11 is 6.06. The van der Waals surface area contributed by atoms with E-state index < -0.39 is 10.0 Å². The maximum atomic E-state index is 12.7. The van der Waals surface area contributed by atoms with Gasteiger partial charge in [-0.15, -0.1) is 12.4 Å². The number of rotatable bonds is 3. The van der Waals surface area contributed by atoms with Crippen LogP contribution in [0.1, 0.15) is 37.7 Å². The fraction of sp³-hybridized carbons (Fsp3) is 0.562. The molecule has 8 heteroatoms. The first kappa shape index (κ1) is 19.5.